The van der Waals surface area contributed by atoms with Crippen molar-refractivity contribution in [1.82, 2.24) is 24.8 Å². The third-order valence-electron chi connectivity index (χ3n) is 3.97. The van der Waals surface area contributed by atoms with Crippen LogP contribution in [0.15, 0.2) is 31.1 Å². The SMILES string of the molecule is C[C@H]1CC[C@H](NC(=O)c2cncc(-n3ccnc3)n2)CC1. The largest absolute Gasteiger partial charge is 0.348 e. The van der Waals surface area contributed by atoms with E-state index in [2.05, 4.69) is 27.2 Å². The molecule has 6 nitrogen and oxygen atoms in total. The number of hydrogen-bond donors (Lipinski definition) is 1. The van der Waals surface area contributed by atoms with Crippen molar-refractivity contribution in [3.8, 4) is 5.82 Å². The second kappa shape index (κ2) is 6.03. The molecule has 0 aromatic carbocycles. The van der Waals surface area contributed by atoms with Crippen LogP contribution in [0.1, 0.15) is 43.1 Å². The first kappa shape index (κ1) is 13.7. The molecule has 1 saturated carbocycles. The summed E-state index contributed by atoms with van der Waals surface area (Å²) in [5, 5.41) is 3.06. The molecule has 1 amide bonds. The normalized spacial score (nSPS) is 22.0. The van der Waals surface area contributed by atoms with E-state index in [1.54, 1.807) is 29.5 Å². The van der Waals surface area contributed by atoms with Crippen molar-refractivity contribution in [2.45, 2.75) is 38.6 Å². The molecule has 1 aliphatic rings. The minimum Gasteiger partial charge on any atom is -0.348 e. The molecule has 1 N–H and O–H groups in total. The maximum absolute atomic E-state index is 12.3. The molecule has 0 aliphatic heterocycles. The lowest BCUT2D eigenvalue weighted by Crippen LogP contribution is -2.37. The van der Waals surface area contributed by atoms with Crippen LogP contribution in [0.25, 0.3) is 5.82 Å². The van der Waals surface area contributed by atoms with E-state index >= 15 is 0 Å². The molecule has 110 valence electrons. The highest BCUT2D eigenvalue weighted by molar-refractivity contribution is 5.92. The standard InChI is InChI=1S/C15H19N5O/c1-11-2-4-12(5-3-11)18-15(21)13-8-17-9-14(19-13)20-7-6-16-10-20/h6-12H,2-5H2,1H3,(H,18,21)/t11-,12-. The van der Waals surface area contributed by atoms with E-state index in [4.69, 9.17) is 0 Å². The topological polar surface area (TPSA) is 72.7 Å². The maximum atomic E-state index is 12.3. The molecule has 0 saturated heterocycles. The fourth-order valence-electron chi connectivity index (χ4n) is 2.65. The highest BCUT2D eigenvalue weighted by atomic mass is 16.1. The Morgan fingerprint density at radius 1 is 1.24 bits per heavy atom. The zero-order valence-corrected chi connectivity index (χ0v) is 12.1. The molecule has 0 atom stereocenters. The zero-order chi connectivity index (χ0) is 14.7. The van der Waals surface area contributed by atoms with Crippen molar-refractivity contribution in [2.24, 2.45) is 5.92 Å². The molecule has 2 aromatic heterocycles. The van der Waals surface area contributed by atoms with Gasteiger partial charge in [-0.3, -0.25) is 14.3 Å². The molecule has 0 unspecified atom stereocenters. The Morgan fingerprint density at radius 3 is 2.76 bits per heavy atom. The van der Waals surface area contributed by atoms with Gasteiger partial charge in [-0.05, 0) is 31.6 Å². The van der Waals surface area contributed by atoms with Crippen LogP contribution in [0.2, 0.25) is 0 Å². The first-order chi connectivity index (χ1) is 10.2. The van der Waals surface area contributed by atoms with Gasteiger partial charge in [0.15, 0.2) is 5.82 Å². The van der Waals surface area contributed by atoms with E-state index in [1.807, 2.05) is 0 Å². The number of hydrogen-bond acceptors (Lipinski definition) is 4. The van der Waals surface area contributed by atoms with Gasteiger partial charge in [0.05, 0.1) is 12.4 Å². The summed E-state index contributed by atoms with van der Waals surface area (Å²) in [6.07, 6.45) is 12.6. The Kier molecular flexibility index (Phi) is 3.94. The summed E-state index contributed by atoms with van der Waals surface area (Å²) in [5.41, 5.74) is 0.347. The Hall–Kier alpha value is -2.24. The lowest BCUT2D eigenvalue weighted by Gasteiger charge is -2.26. The average Bonchev–Trinajstić information content (AvgIpc) is 3.04. The molecule has 2 aromatic rings. The quantitative estimate of drug-likeness (QED) is 0.935. The monoisotopic (exact) mass is 285 g/mol. The molecule has 3 rings (SSSR count). The summed E-state index contributed by atoms with van der Waals surface area (Å²) in [5.74, 6) is 1.21. The Bertz CT molecular complexity index is 602. The number of rotatable bonds is 3. The van der Waals surface area contributed by atoms with Crippen LogP contribution in [0.4, 0.5) is 0 Å². The number of carbonyl (C=O) groups excluding carboxylic acids is 1. The zero-order valence-electron chi connectivity index (χ0n) is 12.1. The highest BCUT2D eigenvalue weighted by Crippen LogP contribution is 2.23. The molecular weight excluding hydrogens is 266 g/mol. The highest BCUT2D eigenvalue weighted by Gasteiger charge is 2.21. The number of carbonyl (C=O) groups is 1. The summed E-state index contributed by atoms with van der Waals surface area (Å²) in [7, 11) is 0. The van der Waals surface area contributed by atoms with Gasteiger partial charge in [0.1, 0.15) is 12.0 Å². The lowest BCUT2D eigenvalue weighted by atomic mass is 9.87. The van der Waals surface area contributed by atoms with Crippen LogP contribution in [0.3, 0.4) is 0 Å². The second-order valence-electron chi connectivity index (χ2n) is 5.66. The van der Waals surface area contributed by atoms with Crippen molar-refractivity contribution < 1.29 is 4.79 Å². The fourth-order valence-corrected chi connectivity index (χ4v) is 2.65. The lowest BCUT2D eigenvalue weighted by molar-refractivity contribution is 0.0917. The number of nitrogens with zero attached hydrogens (tertiary/aromatic N) is 4. The Labute approximate surface area is 123 Å². The fraction of sp³-hybridized carbons (Fsp3) is 0.467. The van der Waals surface area contributed by atoms with Gasteiger partial charge in [-0.25, -0.2) is 9.97 Å². The predicted octanol–water partition coefficient (Wildman–Crippen LogP) is 1.97. The summed E-state index contributed by atoms with van der Waals surface area (Å²) in [4.78, 5) is 24.7. The van der Waals surface area contributed by atoms with E-state index < -0.39 is 0 Å². The molecule has 2 heterocycles. The van der Waals surface area contributed by atoms with Crippen LogP contribution >= 0.6 is 0 Å². The van der Waals surface area contributed by atoms with Crippen molar-refractivity contribution >= 4 is 5.91 Å². The average molecular weight is 285 g/mol. The van der Waals surface area contributed by atoms with Crippen LogP contribution < -0.4 is 5.32 Å². The molecule has 21 heavy (non-hydrogen) atoms. The molecule has 1 fully saturated rings. The van der Waals surface area contributed by atoms with Crippen LogP contribution in [-0.2, 0) is 0 Å². The molecule has 0 bridgehead atoms. The predicted molar refractivity (Wildman–Crippen MR) is 78.0 cm³/mol. The minimum absolute atomic E-state index is 0.149. The van der Waals surface area contributed by atoms with Crippen molar-refractivity contribution in [2.75, 3.05) is 0 Å². The van der Waals surface area contributed by atoms with E-state index in [0.29, 0.717) is 11.5 Å². The van der Waals surface area contributed by atoms with Gasteiger partial charge >= 0.3 is 0 Å². The van der Waals surface area contributed by atoms with Crippen LogP contribution in [-0.4, -0.2) is 31.5 Å². The van der Waals surface area contributed by atoms with Gasteiger partial charge < -0.3 is 5.32 Å². The molecule has 6 heteroatoms. The van der Waals surface area contributed by atoms with Gasteiger partial charge in [0.25, 0.3) is 5.91 Å². The maximum Gasteiger partial charge on any atom is 0.271 e. The Balaban J connectivity index is 1.69. The number of amides is 1. The van der Waals surface area contributed by atoms with E-state index in [0.717, 1.165) is 18.8 Å². The first-order valence-electron chi connectivity index (χ1n) is 7.33. The molecule has 0 spiro atoms. The third kappa shape index (κ3) is 3.26. The van der Waals surface area contributed by atoms with Gasteiger partial charge in [-0.15, -0.1) is 0 Å². The summed E-state index contributed by atoms with van der Waals surface area (Å²) in [6, 6.07) is 0.257. The van der Waals surface area contributed by atoms with Crippen LogP contribution in [0.5, 0.6) is 0 Å². The van der Waals surface area contributed by atoms with E-state index in [9.17, 15) is 4.79 Å². The van der Waals surface area contributed by atoms with Gasteiger partial charge in [-0.1, -0.05) is 6.92 Å². The summed E-state index contributed by atoms with van der Waals surface area (Å²) >= 11 is 0. The minimum atomic E-state index is -0.149. The van der Waals surface area contributed by atoms with E-state index in [-0.39, 0.29) is 11.9 Å². The first-order valence-corrected chi connectivity index (χ1v) is 7.33. The van der Waals surface area contributed by atoms with Crippen LogP contribution in [0, 0.1) is 5.92 Å². The smallest absolute Gasteiger partial charge is 0.271 e. The van der Waals surface area contributed by atoms with Crippen molar-refractivity contribution in [3.05, 3.63) is 36.8 Å². The van der Waals surface area contributed by atoms with Crippen molar-refractivity contribution in [1.29, 1.82) is 0 Å². The molecule has 0 radical (unpaired) electrons. The summed E-state index contributed by atoms with van der Waals surface area (Å²) in [6.45, 7) is 2.26. The number of aromatic nitrogens is 4. The number of nitrogens with one attached hydrogen (secondary N) is 1. The van der Waals surface area contributed by atoms with Gasteiger partial charge in [0, 0.05) is 18.4 Å². The molecule has 1 aliphatic carbocycles. The van der Waals surface area contributed by atoms with Crippen molar-refractivity contribution in [3.63, 3.8) is 0 Å². The van der Waals surface area contributed by atoms with Gasteiger partial charge in [0.2, 0.25) is 0 Å². The summed E-state index contributed by atoms with van der Waals surface area (Å²) < 4.78 is 1.73. The Morgan fingerprint density at radius 2 is 2.05 bits per heavy atom. The number of imidazole rings is 1. The third-order valence-corrected chi connectivity index (χ3v) is 3.97. The molecular formula is C15H19N5O. The van der Waals surface area contributed by atoms with Gasteiger partial charge in [-0.2, -0.15) is 0 Å². The van der Waals surface area contributed by atoms with E-state index in [1.165, 1.54) is 19.0 Å². The second-order valence-corrected chi connectivity index (χ2v) is 5.66.